The normalized spacial score (nSPS) is 23.8. The van der Waals surface area contributed by atoms with Gasteiger partial charge in [-0.2, -0.15) is 0 Å². The molecule has 0 saturated carbocycles. The van der Waals surface area contributed by atoms with Gasteiger partial charge in [-0.15, -0.1) is 0 Å². The molecular weight excluding hydrogens is 318 g/mol. The van der Waals surface area contributed by atoms with Crippen molar-refractivity contribution in [3.8, 4) is 0 Å². The summed E-state index contributed by atoms with van der Waals surface area (Å²) in [6.07, 6.45) is 0.187. The molecule has 1 aliphatic rings. The zero-order valence-electron chi connectivity index (χ0n) is 8.34. The Hall–Kier alpha value is -0.970. The van der Waals surface area contributed by atoms with Gasteiger partial charge < -0.3 is 0 Å². The molecule has 1 nitrogen and oxygen atoms in total. The van der Waals surface area contributed by atoms with Gasteiger partial charge in [0.15, 0.2) is 0 Å². The van der Waals surface area contributed by atoms with E-state index < -0.39 is 9.46 Å². The highest BCUT2D eigenvalue weighted by atomic mass is 127. The quantitative estimate of drug-likeness (QED) is 0.533. The number of halogens is 2. The molecule has 3 rings (SSSR count). The number of carbonyl (C=O) groups is 1. The number of fused-ring (bicyclic) bond motifs is 2. The number of hydrogen-bond acceptors (Lipinski definition) is 1. The van der Waals surface area contributed by atoms with E-state index in [1.54, 1.807) is 28.7 Å². The fourth-order valence-corrected chi connectivity index (χ4v) is 2.86. The highest BCUT2D eigenvalue weighted by Crippen LogP contribution is 2.39. The van der Waals surface area contributed by atoms with Crippen molar-refractivity contribution in [2.45, 2.75) is 10.1 Å². The van der Waals surface area contributed by atoms with E-state index in [0.717, 1.165) is 16.3 Å². The van der Waals surface area contributed by atoms with Crippen LogP contribution in [0.3, 0.4) is 0 Å². The van der Waals surface area contributed by atoms with Crippen LogP contribution in [0.25, 0.3) is 10.8 Å². The van der Waals surface area contributed by atoms with Gasteiger partial charge in [0, 0.05) is 12.0 Å². The Kier molecular flexibility index (Phi) is 2.08. The molecule has 16 heavy (non-hydrogen) atoms. The number of ketones is 1. The Morgan fingerprint density at radius 2 is 1.81 bits per heavy atom. The molecule has 1 atom stereocenters. The Morgan fingerprint density at radius 1 is 1.19 bits per heavy atom. The predicted octanol–water partition coefficient (Wildman–Crippen LogP) is 3.68. The number of alkyl halides is 2. The lowest BCUT2D eigenvalue weighted by molar-refractivity contribution is 0.0882. The smallest absolute Gasteiger partial charge is 0.227 e. The van der Waals surface area contributed by atoms with Gasteiger partial charge in [0.05, 0.1) is 0 Å². The second-order valence-electron chi connectivity index (χ2n) is 4.07. The van der Waals surface area contributed by atoms with Crippen molar-refractivity contribution in [3.05, 3.63) is 47.5 Å². The van der Waals surface area contributed by atoms with E-state index in [0.29, 0.717) is 5.56 Å². The maximum atomic E-state index is 13.9. The van der Waals surface area contributed by atoms with Crippen molar-refractivity contribution in [1.29, 1.82) is 0 Å². The molecule has 0 spiro atoms. The average molecular weight is 326 g/mol. The first-order valence-electron chi connectivity index (χ1n) is 5.02. The minimum Gasteiger partial charge on any atom is -0.290 e. The monoisotopic (exact) mass is 326 g/mol. The standard InChI is InChI=1S/C13H8FIO/c14-13(15)7-10-5-8-3-1-2-4-9(8)6-11(10)12(13)16/h1-6H,7H2. The average Bonchev–Trinajstić information content (AvgIpc) is 2.47. The molecule has 0 bridgehead atoms. The fourth-order valence-electron chi connectivity index (χ4n) is 2.16. The minimum absolute atomic E-state index is 0.187. The molecule has 0 heterocycles. The van der Waals surface area contributed by atoms with Crippen LogP contribution in [0.1, 0.15) is 15.9 Å². The van der Waals surface area contributed by atoms with Crippen molar-refractivity contribution < 1.29 is 9.18 Å². The van der Waals surface area contributed by atoms with Gasteiger partial charge in [-0.05, 0) is 45.0 Å². The molecule has 0 N–H and O–H groups in total. The molecule has 0 fully saturated rings. The third kappa shape index (κ3) is 1.38. The van der Waals surface area contributed by atoms with Crippen molar-refractivity contribution in [3.63, 3.8) is 0 Å². The van der Waals surface area contributed by atoms with Gasteiger partial charge in [0.1, 0.15) is 0 Å². The van der Waals surface area contributed by atoms with Crippen LogP contribution >= 0.6 is 22.6 Å². The Balaban J connectivity index is 2.30. The lowest BCUT2D eigenvalue weighted by Crippen LogP contribution is -2.21. The Morgan fingerprint density at radius 3 is 2.50 bits per heavy atom. The summed E-state index contributed by atoms with van der Waals surface area (Å²) in [6, 6.07) is 11.5. The van der Waals surface area contributed by atoms with Crippen molar-refractivity contribution in [1.82, 2.24) is 0 Å². The van der Waals surface area contributed by atoms with Crippen LogP contribution in [0, 0.1) is 0 Å². The van der Waals surface area contributed by atoms with Crippen LogP contribution < -0.4 is 0 Å². The molecule has 1 unspecified atom stereocenters. The number of carbonyl (C=O) groups excluding carboxylic acids is 1. The molecule has 3 heteroatoms. The van der Waals surface area contributed by atoms with Crippen LogP contribution in [0.4, 0.5) is 4.39 Å². The molecule has 0 aromatic heterocycles. The minimum atomic E-state index is -1.75. The highest BCUT2D eigenvalue weighted by Gasteiger charge is 2.43. The number of benzene rings is 2. The first kappa shape index (κ1) is 10.2. The SMILES string of the molecule is O=C1c2cc3ccccc3cc2CC1(F)I. The van der Waals surface area contributed by atoms with Gasteiger partial charge in [-0.1, -0.05) is 30.3 Å². The summed E-state index contributed by atoms with van der Waals surface area (Å²) in [4.78, 5) is 11.8. The number of hydrogen-bond donors (Lipinski definition) is 0. The summed E-state index contributed by atoms with van der Waals surface area (Å²) in [7, 11) is 0. The third-order valence-electron chi connectivity index (χ3n) is 2.96. The summed E-state index contributed by atoms with van der Waals surface area (Å²) in [5, 5.41) is 2.05. The van der Waals surface area contributed by atoms with Gasteiger partial charge in [0.2, 0.25) is 9.46 Å². The van der Waals surface area contributed by atoms with E-state index in [9.17, 15) is 9.18 Å². The van der Waals surface area contributed by atoms with Crippen LogP contribution in [-0.2, 0) is 6.42 Å². The summed E-state index contributed by atoms with van der Waals surface area (Å²) < 4.78 is 12.1. The molecular formula is C13H8FIO. The maximum Gasteiger partial charge on any atom is 0.227 e. The molecule has 0 saturated heterocycles. The molecule has 2 aromatic rings. The first-order chi connectivity index (χ1) is 7.58. The van der Waals surface area contributed by atoms with E-state index in [4.69, 9.17) is 0 Å². The predicted molar refractivity (Wildman–Crippen MR) is 69.8 cm³/mol. The van der Waals surface area contributed by atoms with Gasteiger partial charge >= 0.3 is 0 Å². The zero-order chi connectivity index (χ0) is 11.3. The van der Waals surface area contributed by atoms with Crippen LogP contribution in [0.2, 0.25) is 0 Å². The summed E-state index contributed by atoms with van der Waals surface area (Å²) >= 11 is 1.60. The largest absolute Gasteiger partial charge is 0.290 e. The second kappa shape index (κ2) is 3.26. The zero-order valence-corrected chi connectivity index (χ0v) is 10.5. The summed E-state index contributed by atoms with van der Waals surface area (Å²) in [5.74, 6) is -0.395. The van der Waals surface area contributed by atoms with Crippen LogP contribution in [0.15, 0.2) is 36.4 Å². The second-order valence-corrected chi connectivity index (χ2v) is 5.78. The molecule has 80 valence electrons. The summed E-state index contributed by atoms with van der Waals surface area (Å²) in [5.41, 5.74) is 1.36. The van der Waals surface area contributed by atoms with Crippen molar-refractivity contribution >= 4 is 39.1 Å². The number of rotatable bonds is 0. The number of Topliss-reactive ketones (excluding diaryl/α,β-unsaturated/α-hetero) is 1. The topological polar surface area (TPSA) is 17.1 Å². The molecule has 0 amide bonds. The van der Waals surface area contributed by atoms with E-state index in [2.05, 4.69) is 0 Å². The van der Waals surface area contributed by atoms with Gasteiger partial charge in [0.25, 0.3) is 0 Å². The van der Waals surface area contributed by atoms with Crippen LogP contribution in [0.5, 0.6) is 0 Å². The Labute approximate surface area is 106 Å². The Bertz CT molecular complexity index is 604. The van der Waals surface area contributed by atoms with E-state index in [1.165, 1.54) is 0 Å². The van der Waals surface area contributed by atoms with Crippen molar-refractivity contribution in [2.75, 3.05) is 0 Å². The van der Waals surface area contributed by atoms with Gasteiger partial charge in [-0.3, -0.25) is 4.79 Å². The lowest BCUT2D eigenvalue weighted by Gasteiger charge is -2.05. The lowest BCUT2D eigenvalue weighted by atomic mass is 10.0. The fraction of sp³-hybridized carbons (Fsp3) is 0.154. The van der Waals surface area contributed by atoms with Gasteiger partial charge in [-0.25, -0.2) is 4.39 Å². The first-order valence-corrected chi connectivity index (χ1v) is 6.10. The highest BCUT2D eigenvalue weighted by molar-refractivity contribution is 14.1. The third-order valence-corrected chi connectivity index (χ3v) is 3.83. The molecule has 0 radical (unpaired) electrons. The van der Waals surface area contributed by atoms with E-state index in [1.807, 2.05) is 30.3 Å². The molecule has 0 aliphatic heterocycles. The van der Waals surface area contributed by atoms with E-state index >= 15 is 0 Å². The molecule has 2 aromatic carbocycles. The molecule has 1 aliphatic carbocycles. The van der Waals surface area contributed by atoms with Crippen LogP contribution in [-0.4, -0.2) is 9.46 Å². The van der Waals surface area contributed by atoms with E-state index in [-0.39, 0.29) is 6.42 Å². The summed E-state index contributed by atoms with van der Waals surface area (Å²) in [6.45, 7) is 0. The van der Waals surface area contributed by atoms with Crippen molar-refractivity contribution in [2.24, 2.45) is 0 Å². The maximum absolute atomic E-state index is 13.9.